The monoisotopic (exact) mass is 463 g/mol. The van der Waals surface area contributed by atoms with Gasteiger partial charge in [0.05, 0.1) is 6.61 Å². The Bertz CT molecular complexity index is 777. The molecule has 2 aliphatic heterocycles. The molecule has 4 rings (SSSR count). The Morgan fingerprint density at radius 2 is 1.92 bits per heavy atom. The van der Waals surface area contributed by atoms with E-state index in [1.165, 1.54) is 16.7 Å². The standard InChI is InChI=1S/C21H25N3O.HI/c1-22-21(24-12-10-16-6-2-3-7-18(16)15-24)23-14-17-11-13-25-20-9-5-4-8-19(17)20;/h2-9,17H,10-15H2,1H3,(H,22,23);1H. The van der Waals surface area contributed by atoms with E-state index < -0.39 is 0 Å². The zero-order valence-electron chi connectivity index (χ0n) is 15.1. The summed E-state index contributed by atoms with van der Waals surface area (Å²) in [5.74, 6) is 2.50. The molecule has 0 amide bonds. The summed E-state index contributed by atoms with van der Waals surface area (Å²) in [5.41, 5.74) is 4.18. The fraction of sp³-hybridized carbons (Fsp3) is 0.381. The first-order chi connectivity index (χ1) is 12.3. The van der Waals surface area contributed by atoms with Gasteiger partial charge in [-0.2, -0.15) is 0 Å². The lowest BCUT2D eigenvalue weighted by Crippen LogP contribution is -2.45. The lowest BCUT2D eigenvalue weighted by Gasteiger charge is -2.33. The fourth-order valence-electron chi connectivity index (χ4n) is 3.85. The van der Waals surface area contributed by atoms with E-state index >= 15 is 0 Å². The maximum absolute atomic E-state index is 5.77. The van der Waals surface area contributed by atoms with E-state index in [1.807, 2.05) is 13.1 Å². The van der Waals surface area contributed by atoms with Gasteiger partial charge in [-0.25, -0.2) is 0 Å². The molecule has 0 aliphatic carbocycles. The quantitative estimate of drug-likeness (QED) is 0.418. The predicted molar refractivity (Wildman–Crippen MR) is 117 cm³/mol. The van der Waals surface area contributed by atoms with Gasteiger partial charge in [-0.3, -0.25) is 4.99 Å². The molecule has 5 heteroatoms. The van der Waals surface area contributed by atoms with Gasteiger partial charge in [0.2, 0.25) is 0 Å². The Labute approximate surface area is 172 Å². The van der Waals surface area contributed by atoms with Crippen LogP contribution in [0.2, 0.25) is 0 Å². The summed E-state index contributed by atoms with van der Waals surface area (Å²) in [5, 5.41) is 3.60. The summed E-state index contributed by atoms with van der Waals surface area (Å²) in [6.45, 7) is 3.63. The first-order valence-electron chi connectivity index (χ1n) is 9.09. The van der Waals surface area contributed by atoms with Crippen molar-refractivity contribution in [1.82, 2.24) is 10.2 Å². The number of hydrogen-bond acceptors (Lipinski definition) is 2. The number of halogens is 1. The van der Waals surface area contributed by atoms with Crippen LogP contribution in [0.15, 0.2) is 53.5 Å². The third kappa shape index (κ3) is 3.98. The van der Waals surface area contributed by atoms with E-state index in [0.717, 1.165) is 50.8 Å². The van der Waals surface area contributed by atoms with Crippen molar-refractivity contribution in [2.45, 2.75) is 25.3 Å². The van der Waals surface area contributed by atoms with Crippen LogP contribution in [0.3, 0.4) is 0 Å². The molecule has 2 aliphatic rings. The molecule has 1 unspecified atom stereocenters. The molecule has 1 N–H and O–H groups in total. The Kier molecular flexibility index (Phi) is 6.40. The van der Waals surface area contributed by atoms with Gasteiger partial charge in [0.15, 0.2) is 5.96 Å². The normalized spacial score (nSPS) is 18.9. The third-order valence-electron chi connectivity index (χ3n) is 5.23. The summed E-state index contributed by atoms with van der Waals surface area (Å²) in [6.07, 6.45) is 2.13. The molecule has 1 atom stereocenters. The number of hydrogen-bond donors (Lipinski definition) is 1. The molecule has 0 bridgehead atoms. The number of fused-ring (bicyclic) bond motifs is 2. The average Bonchev–Trinajstić information content (AvgIpc) is 2.68. The van der Waals surface area contributed by atoms with Gasteiger partial charge in [0.1, 0.15) is 5.75 Å². The minimum Gasteiger partial charge on any atom is -0.493 e. The van der Waals surface area contributed by atoms with Crippen LogP contribution >= 0.6 is 24.0 Å². The van der Waals surface area contributed by atoms with E-state index in [2.05, 4.69) is 57.7 Å². The lowest BCUT2D eigenvalue weighted by molar-refractivity contribution is 0.266. The molecular formula is C21H26IN3O. The second kappa shape index (κ2) is 8.75. The molecule has 0 radical (unpaired) electrons. The smallest absolute Gasteiger partial charge is 0.193 e. The highest BCUT2D eigenvalue weighted by Crippen LogP contribution is 2.32. The second-order valence-corrected chi connectivity index (χ2v) is 6.74. The van der Waals surface area contributed by atoms with Crippen molar-refractivity contribution in [2.75, 3.05) is 26.7 Å². The SMILES string of the molecule is CN=C(NCC1CCOc2ccccc21)N1CCc2ccccc2C1.I. The van der Waals surface area contributed by atoms with Crippen LogP contribution in [0, 0.1) is 0 Å². The summed E-state index contributed by atoms with van der Waals surface area (Å²) in [7, 11) is 1.88. The van der Waals surface area contributed by atoms with Gasteiger partial charge in [-0.15, -0.1) is 24.0 Å². The van der Waals surface area contributed by atoms with E-state index in [-0.39, 0.29) is 24.0 Å². The van der Waals surface area contributed by atoms with Crippen LogP contribution in [-0.2, 0) is 13.0 Å². The number of rotatable bonds is 2. The molecule has 2 heterocycles. The summed E-state index contributed by atoms with van der Waals surface area (Å²) in [6, 6.07) is 17.1. The van der Waals surface area contributed by atoms with Crippen molar-refractivity contribution in [2.24, 2.45) is 4.99 Å². The van der Waals surface area contributed by atoms with Crippen LogP contribution in [0.4, 0.5) is 0 Å². The molecule has 0 saturated carbocycles. The first kappa shape index (κ1) is 19.0. The van der Waals surface area contributed by atoms with Crippen LogP contribution in [0.25, 0.3) is 0 Å². The van der Waals surface area contributed by atoms with Gasteiger partial charge >= 0.3 is 0 Å². The van der Waals surface area contributed by atoms with Gasteiger partial charge in [-0.1, -0.05) is 42.5 Å². The minimum absolute atomic E-state index is 0. The Morgan fingerprint density at radius 3 is 2.77 bits per heavy atom. The van der Waals surface area contributed by atoms with Crippen LogP contribution in [0.5, 0.6) is 5.75 Å². The Hall–Kier alpha value is -1.76. The first-order valence-corrected chi connectivity index (χ1v) is 9.09. The molecule has 0 spiro atoms. The largest absolute Gasteiger partial charge is 0.493 e. The number of ether oxygens (including phenoxy) is 1. The van der Waals surface area contributed by atoms with Crippen molar-refractivity contribution in [3.8, 4) is 5.75 Å². The molecule has 26 heavy (non-hydrogen) atoms. The number of benzene rings is 2. The average molecular weight is 463 g/mol. The maximum Gasteiger partial charge on any atom is 0.193 e. The van der Waals surface area contributed by atoms with Crippen LogP contribution in [-0.4, -0.2) is 37.6 Å². The van der Waals surface area contributed by atoms with Crippen molar-refractivity contribution in [1.29, 1.82) is 0 Å². The highest BCUT2D eigenvalue weighted by molar-refractivity contribution is 14.0. The molecule has 4 nitrogen and oxygen atoms in total. The summed E-state index contributed by atoms with van der Waals surface area (Å²) < 4.78 is 5.77. The lowest BCUT2D eigenvalue weighted by atomic mass is 9.93. The van der Waals surface area contributed by atoms with Crippen molar-refractivity contribution in [3.63, 3.8) is 0 Å². The van der Waals surface area contributed by atoms with Crippen molar-refractivity contribution in [3.05, 3.63) is 65.2 Å². The highest BCUT2D eigenvalue weighted by Gasteiger charge is 2.23. The molecule has 0 aromatic heterocycles. The number of nitrogens with zero attached hydrogens (tertiary/aromatic N) is 2. The number of guanidine groups is 1. The van der Waals surface area contributed by atoms with Crippen molar-refractivity contribution < 1.29 is 4.74 Å². The fourth-order valence-corrected chi connectivity index (χ4v) is 3.85. The zero-order chi connectivity index (χ0) is 17.1. The molecular weight excluding hydrogens is 437 g/mol. The van der Waals surface area contributed by atoms with Gasteiger partial charge < -0.3 is 15.0 Å². The topological polar surface area (TPSA) is 36.9 Å². The van der Waals surface area contributed by atoms with Gasteiger partial charge in [0.25, 0.3) is 0 Å². The van der Waals surface area contributed by atoms with E-state index in [9.17, 15) is 0 Å². The molecule has 2 aromatic carbocycles. The molecule has 2 aromatic rings. The summed E-state index contributed by atoms with van der Waals surface area (Å²) >= 11 is 0. The molecule has 138 valence electrons. The van der Waals surface area contributed by atoms with Gasteiger partial charge in [0, 0.05) is 32.6 Å². The van der Waals surface area contributed by atoms with Crippen LogP contribution in [0.1, 0.15) is 29.0 Å². The Morgan fingerprint density at radius 1 is 1.15 bits per heavy atom. The maximum atomic E-state index is 5.77. The van der Waals surface area contributed by atoms with Crippen LogP contribution < -0.4 is 10.1 Å². The highest BCUT2D eigenvalue weighted by atomic mass is 127. The number of para-hydroxylation sites is 1. The number of aliphatic imine (C=N–C) groups is 1. The summed E-state index contributed by atoms with van der Waals surface area (Å²) in [4.78, 5) is 6.88. The second-order valence-electron chi connectivity index (χ2n) is 6.74. The van der Waals surface area contributed by atoms with E-state index in [0.29, 0.717) is 5.92 Å². The van der Waals surface area contributed by atoms with E-state index in [1.54, 1.807) is 0 Å². The van der Waals surface area contributed by atoms with E-state index in [4.69, 9.17) is 4.74 Å². The third-order valence-corrected chi connectivity index (χ3v) is 5.23. The Balaban J connectivity index is 0.00000196. The number of nitrogens with one attached hydrogen (secondary N) is 1. The van der Waals surface area contributed by atoms with Gasteiger partial charge in [-0.05, 0) is 35.6 Å². The van der Waals surface area contributed by atoms with Crippen molar-refractivity contribution >= 4 is 29.9 Å². The zero-order valence-corrected chi connectivity index (χ0v) is 17.5. The minimum atomic E-state index is 0. The molecule has 0 saturated heterocycles. The molecule has 0 fully saturated rings. The predicted octanol–water partition coefficient (Wildman–Crippen LogP) is 3.80.